The number of rotatable bonds is 5. The molecule has 0 amide bonds. The van der Waals surface area contributed by atoms with Crippen molar-refractivity contribution in [2.75, 3.05) is 10.6 Å². The highest BCUT2D eigenvalue weighted by Gasteiger charge is 2.16. The maximum Gasteiger partial charge on any atom is 0.325 e. The van der Waals surface area contributed by atoms with Crippen LogP contribution in [0.25, 0.3) is 0 Å². The van der Waals surface area contributed by atoms with Gasteiger partial charge in [0.15, 0.2) is 0 Å². The third kappa shape index (κ3) is 3.81. The fourth-order valence-electron chi connectivity index (χ4n) is 2.28. The summed E-state index contributed by atoms with van der Waals surface area (Å²) >= 11 is 0. The molecule has 1 saturated carbocycles. The van der Waals surface area contributed by atoms with Crippen LogP contribution in [0, 0.1) is 6.92 Å². The van der Waals surface area contributed by atoms with Gasteiger partial charge in [0.05, 0.1) is 0 Å². The van der Waals surface area contributed by atoms with Crippen LogP contribution in [-0.4, -0.2) is 33.1 Å². The predicted octanol–water partition coefficient (Wildman–Crippen LogP) is 2.02. The summed E-state index contributed by atoms with van der Waals surface area (Å²) in [7, 11) is 0. The first-order chi connectivity index (χ1) is 9.04. The Balaban J connectivity index is 2.07. The highest BCUT2D eigenvalue weighted by atomic mass is 16.4. The van der Waals surface area contributed by atoms with Crippen molar-refractivity contribution in [1.82, 2.24) is 9.97 Å². The van der Waals surface area contributed by atoms with Gasteiger partial charge in [-0.05, 0) is 26.7 Å². The largest absolute Gasteiger partial charge is 0.480 e. The van der Waals surface area contributed by atoms with Crippen molar-refractivity contribution in [1.29, 1.82) is 0 Å². The second-order valence-electron chi connectivity index (χ2n) is 5.02. The van der Waals surface area contributed by atoms with Crippen molar-refractivity contribution >= 4 is 17.6 Å². The van der Waals surface area contributed by atoms with Crippen LogP contribution in [0.5, 0.6) is 0 Å². The Morgan fingerprint density at radius 3 is 2.63 bits per heavy atom. The van der Waals surface area contributed by atoms with Gasteiger partial charge in [0, 0.05) is 12.1 Å². The van der Waals surface area contributed by atoms with Gasteiger partial charge >= 0.3 is 5.97 Å². The van der Waals surface area contributed by atoms with E-state index >= 15 is 0 Å². The van der Waals surface area contributed by atoms with E-state index in [0.717, 1.165) is 18.7 Å². The highest BCUT2D eigenvalue weighted by Crippen LogP contribution is 2.22. The van der Waals surface area contributed by atoms with Crippen LogP contribution in [0.15, 0.2) is 6.07 Å². The number of aryl methyl sites for hydroxylation is 1. The topological polar surface area (TPSA) is 87.1 Å². The molecule has 1 atom stereocenters. The molecule has 1 heterocycles. The van der Waals surface area contributed by atoms with E-state index in [4.69, 9.17) is 5.11 Å². The number of carboxylic acid groups (broad SMARTS) is 1. The summed E-state index contributed by atoms with van der Waals surface area (Å²) in [4.78, 5) is 19.4. The monoisotopic (exact) mass is 264 g/mol. The van der Waals surface area contributed by atoms with E-state index in [1.54, 1.807) is 19.9 Å². The van der Waals surface area contributed by atoms with Gasteiger partial charge in [-0.2, -0.15) is 0 Å². The first-order valence-electron chi connectivity index (χ1n) is 6.66. The van der Waals surface area contributed by atoms with Crippen molar-refractivity contribution in [3.05, 3.63) is 11.9 Å². The van der Waals surface area contributed by atoms with E-state index in [1.807, 2.05) is 0 Å². The maximum atomic E-state index is 10.8. The van der Waals surface area contributed by atoms with Crippen molar-refractivity contribution in [2.45, 2.75) is 51.6 Å². The van der Waals surface area contributed by atoms with E-state index in [-0.39, 0.29) is 0 Å². The Morgan fingerprint density at radius 1 is 1.37 bits per heavy atom. The van der Waals surface area contributed by atoms with Gasteiger partial charge in [-0.15, -0.1) is 0 Å². The van der Waals surface area contributed by atoms with Gasteiger partial charge in [-0.25, -0.2) is 9.97 Å². The van der Waals surface area contributed by atoms with Crippen molar-refractivity contribution in [2.24, 2.45) is 0 Å². The molecule has 6 heteroatoms. The summed E-state index contributed by atoms with van der Waals surface area (Å²) in [6.45, 7) is 3.39. The fourth-order valence-corrected chi connectivity index (χ4v) is 2.28. The second-order valence-corrected chi connectivity index (χ2v) is 5.02. The molecule has 0 spiro atoms. The number of nitrogens with one attached hydrogen (secondary N) is 2. The highest BCUT2D eigenvalue weighted by molar-refractivity contribution is 5.76. The fraction of sp³-hybridized carbons (Fsp3) is 0.615. The van der Waals surface area contributed by atoms with Gasteiger partial charge in [0.25, 0.3) is 0 Å². The van der Waals surface area contributed by atoms with Gasteiger partial charge in [-0.3, -0.25) is 4.79 Å². The Kier molecular flexibility index (Phi) is 4.19. The van der Waals surface area contributed by atoms with Crippen LogP contribution in [0.3, 0.4) is 0 Å². The molecule has 6 nitrogen and oxygen atoms in total. The molecule has 1 fully saturated rings. The lowest BCUT2D eigenvalue weighted by atomic mass is 10.2. The minimum atomic E-state index is -0.901. The molecule has 0 aliphatic heterocycles. The summed E-state index contributed by atoms with van der Waals surface area (Å²) < 4.78 is 0. The van der Waals surface area contributed by atoms with E-state index in [9.17, 15) is 4.79 Å². The van der Waals surface area contributed by atoms with Crippen LogP contribution in [0.1, 0.15) is 38.4 Å². The number of carboxylic acids is 1. The minimum absolute atomic E-state index is 0.471. The molecule has 0 radical (unpaired) electrons. The summed E-state index contributed by atoms with van der Waals surface area (Å²) in [5.41, 5.74) is 0. The zero-order valence-electron chi connectivity index (χ0n) is 11.3. The normalized spacial score (nSPS) is 17.2. The zero-order chi connectivity index (χ0) is 13.8. The summed E-state index contributed by atoms with van der Waals surface area (Å²) in [5, 5.41) is 15.1. The van der Waals surface area contributed by atoms with E-state index < -0.39 is 12.0 Å². The number of anilines is 2. The lowest BCUT2D eigenvalue weighted by Crippen LogP contribution is -2.26. The predicted molar refractivity (Wildman–Crippen MR) is 73.4 cm³/mol. The Labute approximate surface area is 112 Å². The number of hydrogen-bond acceptors (Lipinski definition) is 5. The molecule has 2 rings (SSSR count). The average molecular weight is 264 g/mol. The second kappa shape index (κ2) is 5.86. The summed E-state index contributed by atoms with van der Waals surface area (Å²) in [5.74, 6) is 1.03. The summed E-state index contributed by atoms with van der Waals surface area (Å²) in [6, 6.07) is 1.57. The molecule has 1 aromatic rings. The molecule has 0 aromatic carbocycles. The standard InChI is InChI=1S/C13H20N4O2/c1-8(13(18)19)14-11-7-12(16-9(2)15-11)17-10-5-3-4-6-10/h7-8,10H,3-6H2,1-2H3,(H,18,19)(H2,14,15,16,17). The molecular formula is C13H20N4O2. The third-order valence-electron chi connectivity index (χ3n) is 3.28. The van der Waals surface area contributed by atoms with Gasteiger partial charge < -0.3 is 15.7 Å². The van der Waals surface area contributed by atoms with E-state index in [2.05, 4.69) is 20.6 Å². The van der Waals surface area contributed by atoms with E-state index in [0.29, 0.717) is 17.7 Å². The van der Waals surface area contributed by atoms with E-state index in [1.165, 1.54) is 12.8 Å². The van der Waals surface area contributed by atoms with Crippen LogP contribution in [-0.2, 0) is 4.79 Å². The first-order valence-corrected chi connectivity index (χ1v) is 6.66. The molecule has 1 unspecified atom stereocenters. The molecule has 3 N–H and O–H groups in total. The summed E-state index contributed by atoms with van der Waals surface area (Å²) in [6.07, 6.45) is 4.83. The van der Waals surface area contributed by atoms with Crippen molar-refractivity contribution in [3.8, 4) is 0 Å². The zero-order valence-corrected chi connectivity index (χ0v) is 11.3. The smallest absolute Gasteiger partial charge is 0.325 e. The Morgan fingerprint density at radius 2 is 2.00 bits per heavy atom. The first kappa shape index (κ1) is 13.6. The van der Waals surface area contributed by atoms with Crippen LogP contribution in [0.2, 0.25) is 0 Å². The Bertz CT molecular complexity index is 458. The lowest BCUT2D eigenvalue weighted by molar-refractivity contribution is -0.137. The maximum absolute atomic E-state index is 10.8. The molecule has 19 heavy (non-hydrogen) atoms. The minimum Gasteiger partial charge on any atom is -0.480 e. The SMILES string of the molecule is Cc1nc(NC2CCCC2)cc(NC(C)C(=O)O)n1. The quantitative estimate of drug-likeness (QED) is 0.754. The molecule has 0 saturated heterocycles. The molecule has 104 valence electrons. The lowest BCUT2D eigenvalue weighted by Gasteiger charge is -2.15. The number of aromatic nitrogens is 2. The molecule has 1 aromatic heterocycles. The third-order valence-corrected chi connectivity index (χ3v) is 3.28. The molecule has 1 aliphatic carbocycles. The van der Waals surface area contributed by atoms with Crippen LogP contribution in [0.4, 0.5) is 11.6 Å². The van der Waals surface area contributed by atoms with Gasteiger partial charge in [0.2, 0.25) is 0 Å². The van der Waals surface area contributed by atoms with Crippen molar-refractivity contribution < 1.29 is 9.90 Å². The van der Waals surface area contributed by atoms with Crippen LogP contribution < -0.4 is 10.6 Å². The van der Waals surface area contributed by atoms with Crippen LogP contribution >= 0.6 is 0 Å². The van der Waals surface area contributed by atoms with Gasteiger partial charge in [-0.1, -0.05) is 12.8 Å². The average Bonchev–Trinajstić information content (AvgIpc) is 2.80. The Hall–Kier alpha value is -1.85. The number of nitrogens with zero attached hydrogens (tertiary/aromatic N) is 2. The number of aliphatic carboxylic acids is 1. The number of carbonyl (C=O) groups is 1. The molecular weight excluding hydrogens is 244 g/mol. The number of hydrogen-bond donors (Lipinski definition) is 3. The van der Waals surface area contributed by atoms with Crippen molar-refractivity contribution in [3.63, 3.8) is 0 Å². The molecule has 0 bridgehead atoms. The van der Waals surface area contributed by atoms with Gasteiger partial charge in [0.1, 0.15) is 23.5 Å². The molecule has 1 aliphatic rings.